The Morgan fingerprint density at radius 2 is 1.95 bits per heavy atom. The Morgan fingerprint density at radius 1 is 1.20 bits per heavy atom. The molecule has 1 aromatic carbocycles. The van der Waals surface area contributed by atoms with Gasteiger partial charge in [-0.25, -0.2) is 0 Å². The van der Waals surface area contributed by atoms with Gasteiger partial charge in [0.25, 0.3) is 11.8 Å². The first-order valence-electron chi connectivity index (χ1n) is 6.51. The summed E-state index contributed by atoms with van der Waals surface area (Å²) >= 11 is 0. The highest BCUT2D eigenvalue weighted by Crippen LogP contribution is 2.29. The Labute approximate surface area is 115 Å². The van der Waals surface area contributed by atoms with E-state index in [2.05, 4.69) is 5.32 Å². The van der Waals surface area contributed by atoms with Gasteiger partial charge in [0.05, 0.1) is 5.69 Å². The van der Waals surface area contributed by atoms with E-state index in [4.69, 9.17) is 4.74 Å². The number of nitrogens with one attached hydrogen (secondary N) is 1. The van der Waals surface area contributed by atoms with Crippen molar-refractivity contribution in [2.24, 2.45) is 0 Å². The maximum absolute atomic E-state index is 12.3. The van der Waals surface area contributed by atoms with Gasteiger partial charge in [-0.15, -0.1) is 0 Å². The second-order valence-corrected chi connectivity index (χ2v) is 4.88. The number of anilines is 1. The lowest BCUT2D eigenvalue weighted by Crippen LogP contribution is -2.38. The number of carbonyl (C=O) groups is 3. The summed E-state index contributed by atoms with van der Waals surface area (Å²) in [4.78, 5) is 36.4. The van der Waals surface area contributed by atoms with Crippen molar-refractivity contribution in [3.63, 3.8) is 0 Å². The zero-order valence-electron chi connectivity index (χ0n) is 10.8. The maximum atomic E-state index is 12.3. The Morgan fingerprint density at radius 3 is 2.70 bits per heavy atom. The van der Waals surface area contributed by atoms with Crippen LogP contribution in [-0.4, -0.2) is 42.2 Å². The first-order valence-corrected chi connectivity index (χ1v) is 6.51. The van der Waals surface area contributed by atoms with Crippen molar-refractivity contribution in [2.75, 3.05) is 25.0 Å². The molecule has 0 unspecified atom stereocenters. The number of Topliss-reactive ketones (excluding diaryl/α,β-unsaturated/α-hetero) is 1. The third-order valence-corrected chi connectivity index (χ3v) is 3.47. The molecule has 20 heavy (non-hydrogen) atoms. The summed E-state index contributed by atoms with van der Waals surface area (Å²) in [6.07, 6.45) is 0.840. The SMILES string of the molecule is O=C1CCN(C(=O)c2ccc3c(c2)OCC(=O)N3)CC1. The molecule has 1 aromatic rings. The van der Waals surface area contributed by atoms with Crippen molar-refractivity contribution in [1.82, 2.24) is 4.90 Å². The Hall–Kier alpha value is -2.37. The third-order valence-electron chi connectivity index (χ3n) is 3.47. The van der Waals surface area contributed by atoms with Gasteiger partial charge in [-0.05, 0) is 18.2 Å². The lowest BCUT2D eigenvalue weighted by molar-refractivity contribution is -0.121. The van der Waals surface area contributed by atoms with Gasteiger partial charge in [0.2, 0.25) is 0 Å². The molecule has 104 valence electrons. The number of hydrogen-bond acceptors (Lipinski definition) is 4. The predicted molar refractivity (Wildman–Crippen MR) is 70.7 cm³/mol. The molecular formula is C14H14N2O4. The van der Waals surface area contributed by atoms with Gasteiger partial charge < -0.3 is 15.0 Å². The molecule has 3 rings (SSSR count). The number of hydrogen-bond donors (Lipinski definition) is 1. The topological polar surface area (TPSA) is 75.7 Å². The summed E-state index contributed by atoms with van der Waals surface area (Å²) in [7, 11) is 0. The monoisotopic (exact) mass is 274 g/mol. The maximum Gasteiger partial charge on any atom is 0.262 e. The fourth-order valence-corrected chi connectivity index (χ4v) is 2.35. The standard InChI is InChI=1S/C14H14N2O4/c17-10-3-5-16(6-4-10)14(19)9-1-2-11-12(7-9)20-8-13(18)15-11/h1-2,7H,3-6,8H2,(H,15,18). The summed E-state index contributed by atoms with van der Waals surface area (Å²) in [6.45, 7) is 0.890. The fourth-order valence-electron chi connectivity index (χ4n) is 2.35. The van der Waals surface area contributed by atoms with Gasteiger partial charge in [-0.2, -0.15) is 0 Å². The molecule has 1 fully saturated rings. The molecule has 0 saturated carbocycles. The number of likely N-dealkylation sites (tertiary alicyclic amines) is 1. The van der Waals surface area contributed by atoms with Crippen LogP contribution in [0.5, 0.6) is 5.75 Å². The van der Waals surface area contributed by atoms with Crippen LogP contribution in [-0.2, 0) is 9.59 Å². The highest BCUT2D eigenvalue weighted by molar-refractivity contribution is 5.99. The zero-order valence-corrected chi connectivity index (χ0v) is 10.8. The van der Waals surface area contributed by atoms with E-state index in [1.54, 1.807) is 23.1 Å². The van der Waals surface area contributed by atoms with Crippen LogP contribution in [0.2, 0.25) is 0 Å². The molecule has 0 aliphatic carbocycles. The highest BCUT2D eigenvalue weighted by atomic mass is 16.5. The number of ether oxygens (including phenoxy) is 1. The number of ketones is 1. The van der Waals surface area contributed by atoms with Gasteiger partial charge in [0.1, 0.15) is 11.5 Å². The van der Waals surface area contributed by atoms with E-state index in [0.29, 0.717) is 42.9 Å². The molecular weight excluding hydrogens is 260 g/mol. The van der Waals surface area contributed by atoms with Crippen LogP contribution in [0.15, 0.2) is 18.2 Å². The highest BCUT2D eigenvalue weighted by Gasteiger charge is 2.23. The lowest BCUT2D eigenvalue weighted by Gasteiger charge is -2.26. The molecule has 0 aromatic heterocycles. The van der Waals surface area contributed by atoms with Gasteiger partial charge in [0.15, 0.2) is 6.61 Å². The van der Waals surface area contributed by atoms with E-state index in [1.807, 2.05) is 0 Å². The lowest BCUT2D eigenvalue weighted by atomic mass is 10.1. The van der Waals surface area contributed by atoms with E-state index >= 15 is 0 Å². The molecule has 2 aliphatic heterocycles. The van der Waals surface area contributed by atoms with Crippen molar-refractivity contribution < 1.29 is 19.1 Å². The minimum atomic E-state index is -0.203. The number of nitrogens with zero attached hydrogens (tertiary/aromatic N) is 1. The van der Waals surface area contributed by atoms with Gasteiger partial charge in [-0.1, -0.05) is 0 Å². The van der Waals surface area contributed by atoms with Gasteiger partial charge in [0, 0.05) is 31.5 Å². The predicted octanol–water partition coefficient (Wildman–Crippen LogP) is 0.823. The van der Waals surface area contributed by atoms with E-state index in [9.17, 15) is 14.4 Å². The Bertz CT molecular complexity index is 587. The summed E-state index contributed by atoms with van der Waals surface area (Å²) in [5, 5.41) is 2.68. The number of fused-ring (bicyclic) bond motifs is 1. The van der Waals surface area contributed by atoms with Crippen LogP contribution in [0.25, 0.3) is 0 Å². The average Bonchev–Trinajstić information content (AvgIpc) is 2.47. The largest absolute Gasteiger partial charge is 0.482 e. The van der Waals surface area contributed by atoms with Crippen LogP contribution in [0.1, 0.15) is 23.2 Å². The van der Waals surface area contributed by atoms with Crippen LogP contribution in [0.3, 0.4) is 0 Å². The number of piperidine rings is 1. The van der Waals surface area contributed by atoms with Crippen LogP contribution >= 0.6 is 0 Å². The molecule has 2 heterocycles. The minimum Gasteiger partial charge on any atom is -0.482 e. The van der Waals surface area contributed by atoms with Crippen molar-refractivity contribution in [2.45, 2.75) is 12.8 Å². The van der Waals surface area contributed by atoms with Crippen molar-refractivity contribution in [3.8, 4) is 5.75 Å². The van der Waals surface area contributed by atoms with Gasteiger partial charge >= 0.3 is 0 Å². The third kappa shape index (κ3) is 2.36. The minimum absolute atomic E-state index is 0.0388. The number of rotatable bonds is 1. The summed E-state index contributed by atoms with van der Waals surface area (Å²) in [6, 6.07) is 4.95. The summed E-state index contributed by atoms with van der Waals surface area (Å²) in [5.74, 6) is 0.390. The molecule has 0 radical (unpaired) electrons. The smallest absolute Gasteiger partial charge is 0.262 e. The first-order chi connectivity index (χ1) is 9.63. The Kier molecular flexibility index (Phi) is 3.14. The number of amides is 2. The van der Waals surface area contributed by atoms with Crippen molar-refractivity contribution in [1.29, 1.82) is 0 Å². The molecule has 6 heteroatoms. The molecule has 0 bridgehead atoms. The van der Waals surface area contributed by atoms with Crippen molar-refractivity contribution in [3.05, 3.63) is 23.8 Å². The summed E-state index contributed by atoms with van der Waals surface area (Å²) in [5.41, 5.74) is 1.08. The molecule has 1 N–H and O–H groups in total. The first kappa shape index (κ1) is 12.7. The number of carbonyl (C=O) groups excluding carboxylic acids is 3. The molecule has 6 nitrogen and oxygen atoms in total. The molecule has 2 amide bonds. The molecule has 1 saturated heterocycles. The fraction of sp³-hybridized carbons (Fsp3) is 0.357. The van der Waals surface area contributed by atoms with Crippen LogP contribution < -0.4 is 10.1 Å². The van der Waals surface area contributed by atoms with Crippen LogP contribution in [0, 0.1) is 0 Å². The quantitative estimate of drug-likeness (QED) is 0.822. The van der Waals surface area contributed by atoms with Crippen molar-refractivity contribution >= 4 is 23.3 Å². The molecule has 0 atom stereocenters. The molecule has 0 spiro atoms. The molecule has 2 aliphatic rings. The van der Waals surface area contributed by atoms with E-state index < -0.39 is 0 Å². The summed E-state index contributed by atoms with van der Waals surface area (Å²) < 4.78 is 5.29. The normalized spacial score (nSPS) is 18.1. The van der Waals surface area contributed by atoms with E-state index in [1.165, 1.54) is 0 Å². The second-order valence-electron chi connectivity index (χ2n) is 4.88. The average molecular weight is 274 g/mol. The van der Waals surface area contributed by atoms with E-state index in [-0.39, 0.29) is 24.2 Å². The van der Waals surface area contributed by atoms with Gasteiger partial charge in [-0.3, -0.25) is 14.4 Å². The Balaban J connectivity index is 1.79. The zero-order chi connectivity index (χ0) is 14.1. The van der Waals surface area contributed by atoms with E-state index in [0.717, 1.165) is 0 Å². The number of benzene rings is 1. The second kappa shape index (κ2) is 4.96. The van der Waals surface area contributed by atoms with Crippen LogP contribution in [0.4, 0.5) is 5.69 Å².